The average Bonchev–Trinajstić information content (AvgIpc) is 3.06. The van der Waals surface area contributed by atoms with Gasteiger partial charge in [-0.2, -0.15) is 0 Å². The third-order valence-corrected chi connectivity index (χ3v) is 7.98. The van der Waals surface area contributed by atoms with Crippen LogP contribution in [0.4, 0.5) is 0 Å². The molecule has 0 saturated heterocycles. The summed E-state index contributed by atoms with van der Waals surface area (Å²) in [6.45, 7) is 6.86. The molecule has 0 spiro atoms. The molecule has 1 saturated carbocycles. The van der Waals surface area contributed by atoms with E-state index in [1.54, 1.807) is 0 Å². The molecule has 4 rings (SSSR count). The molecular weight excluding hydrogens is 370 g/mol. The van der Waals surface area contributed by atoms with Crippen molar-refractivity contribution in [3.05, 3.63) is 46.6 Å². The summed E-state index contributed by atoms with van der Waals surface area (Å²) in [6, 6.07) is 6.03. The standard InChI is InChI=1S/C24H30ClNO2/c1-15-7-9-20-19(6-5-11-23(20,2)22(27)28-4)24(15,3)13-16-14-26-21-10-8-17(25)12-18(16)21/h6,8,10,12,14-15,20,26H,5,7,9,11,13H2,1-4H3/t15-,20+,23+,24+/m1/s1. The first-order valence-corrected chi connectivity index (χ1v) is 10.7. The van der Waals surface area contributed by atoms with Gasteiger partial charge in [0.25, 0.3) is 0 Å². The monoisotopic (exact) mass is 399 g/mol. The molecule has 28 heavy (non-hydrogen) atoms. The minimum Gasteiger partial charge on any atom is -0.469 e. The van der Waals surface area contributed by atoms with E-state index in [-0.39, 0.29) is 17.3 Å². The van der Waals surface area contributed by atoms with Gasteiger partial charge in [-0.1, -0.05) is 37.1 Å². The molecule has 4 atom stereocenters. The summed E-state index contributed by atoms with van der Waals surface area (Å²) < 4.78 is 5.23. The third-order valence-electron chi connectivity index (χ3n) is 7.75. The molecule has 2 aromatic rings. The van der Waals surface area contributed by atoms with Gasteiger partial charge in [0.15, 0.2) is 0 Å². The lowest BCUT2D eigenvalue weighted by Crippen LogP contribution is -2.48. The maximum absolute atomic E-state index is 12.7. The number of nitrogens with one attached hydrogen (secondary N) is 1. The van der Waals surface area contributed by atoms with E-state index in [0.29, 0.717) is 5.92 Å². The normalized spacial score (nSPS) is 32.7. The van der Waals surface area contributed by atoms with Crippen molar-refractivity contribution in [2.24, 2.45) is 22.7 Å². The molecule has 2 aliphatic carbocycles. The van der Waals surface area contributed by atoms with Gasteiger partial charge in [-0.3, -0.25) is 4.79 Å². The van der Waals surface area contributed by atoms with E-state index in [9.17, 15) is 4.79 Å². The Balaban J connectivity index is 1.75. The lowest BCUT2D eigenvalue weighted by atomic mass is 9.51. The van der Waals surface area contributed by atoms with E-state index in [0.717, 1.165) is 42.6 Å². The number of H-pyrrole nitrogens is 1. The molecular formula is C24H30ClNO2. The van der Waals surface area contributed by atoms with Crippen molar-refractivity contribution >= 4 is 28.5 Å². The molecule has 1 N–H and O–H groups in total. The highest BCUT2D eigenvalue weighted by Gasteiger charge is 2.53. The van der Waals surface area contributed by atoms with Crippen molar-refractivity contribution < 1.29 is 9.53 Å². The zero-order chi connectivity index (χ0) is 20.1. The molecule has 150 valence electrons. The Morgan fingerprint density at radius 1 is 1.32 bits per heavy atom. The summed E-state index contributed by atoms with van der Waals surface area (Å²) in [5.74, 6) is 0.765. The number of esters is 1. The number of hydrogen-bond donors (Lipinski definition) is 1. The van der Waals surface area contributed by atoms with E-state index in [1.807, 2.05) is 12.1 Å². The van der Waals surface area contributed by atoms with Crippen molar-refractivity contribution in [3.63, 3.8) is 0 Å². The van der Waals surface area contributed by atoms with Crippen LogP contribution in [0.5, 0.6) is 0 Å². The Morgan fingerprint density at radius 3 is 2.86 bits per heavy atom. The quantitative estimate of drug-likeness (QED) is 0.485. The van der Waals surface area contributed by atoms with Crippen LogP contribution in [0.2, 0.25) is 5.02 Å². The zero-order valence-corrected chi connectivity index (χ0v) is 18.0. The smallest absolute Gasteiger partial charge is 0.312 e. The first-order chi connectivity index (χ1) is 13.3. The Hall–Kier alpha value is -1.74. The van der Waals surface area contributed by atoms with Gasteiger partial charge in [0.05, 0.1) is 12.5 Å². The second kappa shape index (κ2) is 6.95. The number of allylic oxidation sites excluding steroid dienone is 2. The third kappa shape index (κ3) is 2.90. The molecule has 1 aromatic carbocycles. The summed E-state index contributed by atoms with van der Waals surface area (Å²) >= 11 is 6.28. The van der Waals surface area contributed by atoms with Gasteiger partial charge in [0.2, 0.25) is 0 Å². The molecule has 4 heteroatoms. The number of aromatic nitrogens is 1. The van der Waals surface area contributed by atoms with Crippen LogP contribution in [0.1, 0.15) is 52.0 Å². The molecule has 0 radical (unpaired) electrons. The number of carbonyl (C=O) groups is 1. The minimum atomic E-state index is -0.413. The zero-order valence-electron chi connectivity index (χ0n) is 17.3. The Morgan fingerprint density at radius 2 is 2.11 bits per heavy atom. The highest BCUT2D eigenvalue weighted by Crippen LogP contribution is 2.58. The maximum Gasteiger partial charge on any atom is 0.312 e. The SMILES string of the molecule is COC(=O)[C@@]1(C)CCC=C2[C@@H]1CC[C@@H](C)[C@]2(C)Cc1c[nH]c2ccc(Cl)cc12. The lowest BCUT2D eigenvalue weighted by Gasteiger charge is -2.52. The van der Waals surface area contributed by atoms with Crippen molar-refractivity contribution in [2.45, 2.75) is 52.9 Å². The van der Waals surface area contributed by atoms with Crippen LogP contribution >= 0.6 is 11.6 Å². The van der Waals surface area contributed by atoms with E-state index < -0.39 is 5.41 Å². The van der Waals surface area contributed by atoms with Gasteiger partial charge in [-0.25, -0.2) is 0 Å². The van der Waals surface area contributed by atoms with Crippen LogP contribution < -0.4 is 0 Å². The molecule has 0 bridgehead atoms. The second-order valence-electron chi connectivity index (χ2n) is 9.24. The van der Waals surface area contributed by atoms with E-state index in [1.165, 1.54) is 23.6 Å². The molecule has 0 amide bonds. The molecule has 0 unspecified atom stereocenters. The van der Waals surface area contributed by atoms with Crippen LogP contribution in [-0.2, 0) is 16.0 Å². The van der Waals surface area contributed by atoms with E-state index in [4.69, 9.17) is 16.3 Å². The molecule has 2 aliphatic rings. The Kier molecular flexibility index (Phi) is 4.86. The summed E-state index contributed by atoms with van der Waals surface area (Å²) in [7, 11) is 1.52. The van der Waals surface area contributed by atoms with E-state index in [2.05, 4.69) is 44.1 Å². The van der Waals surface area contributed by atoms with Gasteiger partial charge < -0.3 is 9.72 Å². The number of carbonyl (C=O) groups excluding carboxylic acids is 1. The summed E-state index contributed by atoms with van der Waals surface area (Å²) in [5, 5.41) is 1.97. The van der Waals surface area contributed by atoms with Crippen molar-refractivity contribution in [1.29, 1.82) is 0 Å². The van der Waals surface area contributed by atoms with Crippen molar-refractivity contribution in [3.8, 4) is 0 Å². The predicted octanol–water partition coefficient (Wildman–Crippen LogP) is 6.32. The molecule has 3 nitrogen and oxygen atoms in total. The minimum absolute atomic E-state index is 0.0239. The molecule has 1 aromatic heterocycles. The Bertz CT molecular complexity index is 945. The van der Waals surface area contributed by atoms with E-state index >= 15 is 0 Å². The van der Waals surface area contributed by atoms with Crippen molar-refractivity contribution in [2.75, 3.05) is 7.11 Å². The number of methoxy groups -OCH3 is 1. The number of aromatic amines is 1. The van der Waals surface area contributed by atoms with Gasteiger partial charge in [0.1, 0.15) is 0 Å². The lowest BCUT2D eigenvalue weighted by molar-refractivity contribution is -0.156. The average molecular weight is 400 g/mol. The second-order valence-corrected chi connectivity index (χ2v) is 9.67. The highest BCUT2D eigenvalue weighted by atomic mass is 35.5. The first kappa shape index (κ1) is 19.6. The van der Waals surface area contributed by atoms with Crippen LogP contribution in [0.3, 0.4) is 0 Å². The highest BCUT2D eigenvalue weighted by molar-refractivity contribution is 6.31. The predicted molar refractivity (Wildman–Crippen MR) is 114 cm³/mol. The van der Waals surface area contributed by atoms with Gasteiger partial charge in [-0.15, -0.1) is 0 Å². The molecule has 1 heterocycles. The molecule has 1 fully saturated rings. The first-order valence-electron chi connectivity index (χ1n) is 10.3. The number of fused-ring (bicyclic) bond motifs is 2. The summed E-state index contributed by atoms with van der Waals surface area (Å²) in [4.78, 5) is 16.1. The number of hydrogen-bond acceptors (Lipinski definition) is 2. The Labute approximate surface area is 172 Å². The number of ether oxygens (including phenoxy) is 1. The largest absolute Gasteiger partial charge is 0.469 e. The summed E-state index contributed by atoms with van der Waals surface area (Å²) in [5.41, 5.74) is 3.50. The van der Waals surface area contributed by atoms with Crippen LogP contribution in [0.25, 0.3) is 10.9 Å². The van der Waals surface area contributed by atoms with Crippen LogP contribution in [-0.4, -0.2) is 18.1 Å². The fraction of sp³-hybridized carbons (Fsp3) is 0.542. The number of halogens is 1. The number of benzene rings is 1. The van der Waals surface area contributed by atoms with Gasteiger partial charge in [-0.05, 0) is 80.0 Å². The topological polar surface area (TPSA) is 42.1 Å². The number of rotatable bonds is 3. The maximum atomic E-state index is 12.7. The van der Waals surface area contributed by atoms with Gasteiger partial charge >= 0.3 is 5.97 Å². The summed E-state index contributed by atoms with van der Waals surface area (Å²) in [6.07, 6.45) is 9.52. The fourth-order valence-corrected chi connectivity index (χ4v) is 5.93. The van der Waals surface area contributed by atoms with Gasteiger partial charge in [0, 0.05) is 22.1 Å². The van der Waals surface area contributed by atoms with Crippen molar-refractivity contribution in [1.82, 2.24) is 4.98 Å². The van der Waals surface area contributed by atoms with Crippen LogP contribution in [0.15, 0.2) is 36.0 Å². The van der Waals surface area contributed by atoms with Crippen LogP contribution in [0, 0.1) is 22.7 Å². The fourth-order valence-electron chi connectivity index (χ4n) is 5.76. The molecule has 0 aliphatic heterocycles.